The summed E-state index contributed by atoms with van der Waals surface area (Å²) in [5, 5.41) is 0. The fraction of sp³-hybridized carbons (Fsp3) is 0.800. The van der Waals surface area contributed by atoms with Gasteiger partial charge in [-0.1, -0.05) is 0 Å². The molecular formula is C5H12NS. The summed E-state index contributed by atoms with van der Waals surface area (Å²) in [4.78, 5) is 0. The largest absolute Gasteiger partial charge is 0.328 e. The highest BCUT2D eigenvalue weighted by atomic mass is 32.2. The fourth-order valence-electron chi connectivity index (χ4n) is 0.269. The summed E-state index contributed by atoms with van der Waals surface area (Å²) in [5.41, 5.74) is 5.35. The molecule has 0 fully saturated rings. The quantitative estimate of drug-likeness (QED) is 0.596. The first-order valence-electron chi connectivity index (χ1n) is 2.35. The molecule has 2 heteroatoms. The van der Waals surface area contributed by atoms with Gasteiger partial charge in [0.15, 0.2) is 0 Å². The molecule has 0 heterocycles. The predicted molar refractivity (Wildman–Crippen MR) is 36.3 cm³/mol. The molecule has 0 amide bonds. The second-order valence-electron chi connectivity index (χ2n) is 1.54. The molecule has 1 radical (unpaired) electrons. The molecule has 0 aliphatic carbocycles. The number of thioether (sulfide) groups is 1. The standard InChI is InChI=1S/C5H12NS/c1-5(6)3-4-7-2/h5H,1,3-4,6H2,2H3. The molecule has 1 atom stereocenters. The summed E-state index contributed by atoms with van der Waals surface area (Å²) in [7, 11) is 0. The van der Waals surface area contributed by atoms with E-state index in [-0.39, 0.29) is 6.04 Å². The SMILES string of the molecule is [CH2]C(N)CCSC. The summed E-state index contributed by atoms with van der Waals surface area (Å²) in [6.45, 7) is 3.64. The van der Waals surface area contributed by atoms with Crippen LogP contribution in [0, 0.1) is 6.92 Å². The molecule has 0 aromatic rings. The van der Waals surface area contributed by atoms with Crippen LogP contribution in [-0.4, -0.2) is 18.1 Å². The molecule has 1 unspecified atom stereocenters. The van der Waals surface area contributed by atoms with Gasteiger partial charge in [0, 0.05) is 6.04 Å². The Labute approximate surface area is 49.7 Å². The van der Waals surface area contributed by atoms with Crippen LogP contribution in [0.1, 0.15) is 6.42 Å². The molecule has 7 heavy (non-hydrogen) atoms. The molecule has 0 aromatic heterocycles. The Balaban J connectivity index is 2.68. The number of rotatable bonds is 3. The molecule has 2 N–H and O–H groups in total. The molecule has 43 valence electrons. The summed E-state index contributed by atoms with van der Waals surface area (Å²) in [5.74, 6) is 1.13. The van der Waals surface area contributed by atoms with E-state index in [4.69, 9.17) is 5.73 Å². The lowest BCUT2D eigenvalue weighted by atomic mass is 10.3. The van der Waals surface area contributed by atoms with Crippen LogP contribution in [0.2, 0.25) is 0 Å². The lowest BCUT2D eigenvalue weighted by molar-refractivity contribution is 0.787. The van der Waals surface area contributed by atoms with Gasteiger partial charge < -0.3 is 5.73 Å². The van der Waals surface area contributed by atoms with Crippen molar-refractivity contribution in [3.8, 4) is 0 Å². The molecule has 0 saturated carbocycles. The van der Waals surface area contributed by atoms with Gasteiger partial charge in [0.1, 0.15) is 0 Å². The summed E-state index contributed by atoms with van der Waals surface area (Å²) in [6.07, 6.45) is 3.10. The molecule has 0 rings (SSSR count). The Kier molecular flexibility index (Phi) is 4.67. The van der Waals surface area contributed by atoms with Gasteiger partial charge in [0.05, 0.1) is 0 Å². The summed E-state index contributed by atoms with van der Waals surface area (Å²) < 4.78 is 0. The van der Waals surface area contributed by atoms with Crippen molar-refractivity contribution >= 4 is 11.8 Å². The molecule has 0 saturated heterocycles. The van der Waals surface area contributed by atoms with E-state index < -0.39 is 0 Å². The van der Waals surface area contributed by atoms with E-state index in [1.54, 1.807) is 0 Å². The van der Waals surface area contributed by atoms with Gasteiger partial charge in [-0.15, -0.1) is 0 Å². The number of hydrogen-bond acceptors (Lipinski definition) is 2. The van der Waals surface area contributed by atoms with Crippen molar-refractivity contribution in [3.63, 3.8) is 0 Å². The van der Waals surface area contributed by atoms with Crippen molar-refractivity contribution in [2.75, 3.05) is 12.0 Å². The first kappa shape index (κ1) is 7.31. The van der Waals surface area contributed by atoms with Gasteiger partial charge in [-0.3, -0.25) is 0 Å². The Bertz CT molecular complexity index is 37.1. The second kappa shape index (κ2) is 4.47. The predicted octanol–water partition coefficient (Wildman–Crippen LogP) is 0.901. The van der Waals surface area contributed by atoms with Crippen LogP contribution < -0.4 is 5.73 Å². The van der Waals surface area contributed by atoms with E-state index in [1.807, 2.05) is 11.8 Å². The van der Waals surface area contributed by atoms with Crippen LogP contribution in [0.4, 0.5) is 0 Å². The van der Waals surface area contributed by atoms with E-state index in [0.717, 1.165) is 12.2 Å². The van der Waals surface area contributed by atoms with Gasteiger partial charge in [-0.2, -0.15) is 11.8 Å². The third kappa shape index (κ3) is 6.31. The molecule has 0 bridgehead atoms. The summed E-state index contributed by atoms with van der Waals surface area (Å²) in [6, 6.07) is 0.132. The van der Waals surface area contributed by atoms with Crippen molar-refractivity contribution in [2.24, 2.45) is 5.73 Å². The maximum atomic E-state index is 5.35. The monoisotopic (exact) mass is 118 g/mol. The fourth-order valence-corrected chi connectivity index (χ4v) is 0.808. The van der Waals surface area contributed by atoms with Crippen molar-refractivity contribution in [1.82, 2.24) is 0 Å². The smallest absolute Gasteiger partial charge is 0.00472 e. The first-order valence-corrected chi connectivity index (χ1v) is 3.74. The normalized spacial score (nSPS) is 14.1. The van der Waals surface area contributed by atoms with Crippen LogP contribution in [0.5, 0.6) is 0 Å². The van der Waals surface area contributed by atoms with E-state index in [9.17, 15) is 0 Å². The lowest BCUT2D eigenvalue weighted by Crippen LogP contribution is -2.15. The highest BCUT2D eigenvalue weighted by molar-refractivity contribution is 7.98. The van der Waals surface area contributed by atoms with E-state index in [2.05, 4.69) is 13.2 Å². The van der Waals surface area contributed by atoms with Crippen molar-refractivity contribution in [3.05, 3.63) is 6.92 Å². The average Bonchev–Trinajstić information content (AvgIpc) is 1.61. The Morgan fingerprint density at radius 3 is 2.57 bits per heavy atom. The van der Waals surface area contributed by atoms with Crippen molar-refractivity contribution < 1.29 is 0 Å². The first-order chi connectivity index (χ1) is 3.27. The number of hydrogen-bond donors (Lipinski definition) is 1. The van der Waals surface area contributed by atoms with E-state index >= 15 is 0 Å². The van der Waals surface area contributed by atoms with Crippen LogP contribution in [-0.2, 0) is 0 Å². The van der Waals surface area contributed by atoms with Crippen LogP contribution >= 0.6 is 11.8 Å². The molecule has 0 aromatic carbocycles. The van der Waals surface area contributed by atoms with Crippen molar-refractivity contribution in [1.29, 1.82) is 0 Å². The van der Waals surface area contributed by atoms with Gasteiger partial charge in [0.25, 0.3) is 0 Å². The van der Waals surface area contributed by atoms with E-state index in [0.29, 0.717) is 0 Å². The zero-order chi connectivity index (χ0) is 5.70. The molecule has 0 aliphatic heterocycles. The van der Waals surface area contributed by atoms with Gasteiger partial charge in [-0.05, 0) is 25.4 Å². The van der Waals surface area contributed by atoms with Gasteiger partial charge in [-0.25, -0.2) is 0 Å². The van der Waals surface area contributed by atoms with Gasteiger partial charge >= 0.3 is 0 Å². The zero-order valence-electron chi connectivity index (χ0n) is 4.68. The third-order valence-electron chi connectivity index (χ3n) is 0.693. The van der Waals surface area contributed by atoms with Crippen LogP contribution in [0.15, 0.2) is 0 Å². The molecule has 0 spiro atoms. The number of nitrogens with two attached hydrogens (primary N) is 1. The van der Waals surface area contributed by atoms with Crippen molar-refractivity contribution in [2.45, 2.75) is 12.5 Å². The molecule has 1 nitrogen and oxygen atoms in total. The zero-order valence-corrected chi connectivity index (χ0v) is 5.50. The Morgan fingerprint density at radius 2 is 2.43 bits per heavy atom. The lowest BCUT2D eigenvalue weighted by Gasteiger charge is -1.99. The summed E-state index contributed by atoms with van der Waals surface area (Å²) >= 11 is 1.81. The minimum atomic E-state index is 0.132. The molecular weight excluding hydrogens is 106 g/mol. The highest BCUT2D eigenvalue weighted by Gasteiger charge is 1.89. The van der Waals surface area contributed by atoms with E-state index in [1.165, 1.54) is 0 Å². The van der Waals surface area contributed by atoms with Gasteiger partial charge in [0.2, 0.25) is 0 Å². The molecule has 0 aliphatic rings. The topological polar surface area (TPSA) is 26.0 Å². The van der Waals surface area contributed by atoms with Crippen LogP contribution in [0.3, 0.4) is 0 Å². The van der Waals surface area contributed by atoms with Crippen LogP contribution in [0.25, 0.3) is 0 Å². The highest BCUT2D eigenvalue weighted by Crippen LogP contribution is 1.96. The minimum Gasteiger partial charge on any atom is -0.328 e. The minimum absolute atomic E-state index is 0.132. The Hall–Kier alpha value is 0.310. The maximum absolute atomic E-state index is 5.35. The average molecular weight is 118 g/mol. The Morgan fingerprint density at radius 1 is 1.86 bits per heavy atom. The third-order valence-corrected chi connectivity index (χ3v) is 1.34. The maximum Gasteiger partial charge on any atom is 0.00472 e. The second-order valence-corrected chi connectivity index (χ2v) is 2.53.